The largest absolute Gasteiger partial charge is 0.325 e. The van der Waals surface area contributed by atoms with Crippen molar-refractivity contribution < 1.29 is 0 Å². The van der Waals surface area contributed by atoms with E-state index in [4.69, 9.17) is 5.73 Å². The maximum Gasteiger partial charge on any atom is 0.161 e. The van der Waals surface area contributed by atoms with E-state index in [1.165, 1.54) is 0 Å². The van der Waals surface area contributed by atoms with Crippen LogP contribution in [0.5, 0.6) is 0 Å². The van der Waals surface area contributed by atoms with Gasteiger partial charge >= 0.3 is 0 Å². The van der Waals surface area contributed by atoms with E-state index < -0.39 is 0 Å². The van der Waals surface area contributed by atoms with Crippen LogP contribution >= 0.6 is 11.3 Å². The first-order chi connectivity index (χ1) is 8.83. The van der Waals surface area contributed by atoms with Crippen LogP contribution in [0.15, 0.2) is 23.7 Å². The average Bonchev–Trinajstić information content (AvgIpc) is 3.02. The molecule has 0 fully saturated rings. The molecule has 5 nitrogen and oxygen atoms in total. The molecule has 3 heterocycles. The van der Waals surface area contributed by atoms with E-state index in [1.54, 1.807) is 17.5 Å². The Hall–Kier alpha value is -1.79. The van der Waals surface area contributed by atoms with Gasteiger partial charge in [-0.05, 0) is 19.1 Å². The molecule has 0 amide bonds. The lowest BCUT2D eigenvalue weighted by Gasteiger charge is -2.02. The molecular formula is C12H13N5S. The van der Waals surface area contributed by atoms with Gasteiger partial charge in [-0.15, -0.1) is 11.3 Å². The summed E-state index contributed by atoms with van der Waals surface area (Å²) in [6, 6.07) is 3.86. The minimum atomic E-state index is 0.468. The number of aryl methyl sites for hydroxylation is 1. The highest BCUT2D eigenvalue weighted by Crippen LogP contribution is 2.24. The molecule has 0 atom stereocenters. The fourth-order valence-corrected chi connectivity index (χ4v) is 2.61. The number of nitrogens with zero attached hydrogens (tertiary/aromatic N) is 4. The highest BCUT2D eigenvalue weighted by molar-refractivity contribution is 7.09. The van der Waals surface area contributed by atoms with Crippen molar-refractivity contribution in [3.8, 4) is 11.5 Å². The van der Waals surface area contributed by atoms with Crippen molar-refractivity contribution in [1.82, 2.24) is 19.5 Å². The van der Waals surface area contributed by atoms with E-state index in [0.717, 1.165) is 34.2 Å². The quantitative estimate of drug-likeness (QED) is 0.781. The fraction of sp³-hybridized carbons (Fsp3) is 0.250. The number of imidazole rings is 1. The number of fused-ring (bicyclic) bond motifs is 1. The van der Waals surface area contributed by atoms with Gasteiger partial charge in [0.05, 0.1) is 0 Å². The maximum atomic E-state index is 5.60. The monoisotopic (exact) mass is 259 g/mol. The SMILES string of the molecule is CCn1c(-c2csc(CN)n2)nc2cccnc21. The molecule has 2 N–H and O–H groups in total. The van der Waals surface area contributed by atoms with Crippen LogP contribution in [0.3, 0.4) is 0 Å². The lowest BCUT2D eigenvalue weighted by atomic mass is 10.4. The van der Waals surface area contributed by atoms with Crippen LogP contribution in [-0.2, 0) is 13.1 Å². The molecule has 0 radical (unpaired) electrons. The maximum absolute atomic E-state index is 5.60. The van der Waals surface area contributed by atoms with E-state index in [-0.39, 0.29) is 0 Å². The number of rotatable bonds is 3. The Morgan fingerprint density at radius 3 is 3.00 bits per heavy atom. The van der Waals surface area contributed by atoms with Crippen molar-refractivity contribution in [3.63, 3.8) is 0 Å². The van der Waals surface area contributed by atoms with Gasteiger partial charge in [0.25, 0.3) is 0 Å². The number of hydrogen-bond acceptors (Lipinski definition) is 5. The van der Waals surface area contributed by atoms with Gasteiger partial charge in [0.2, 0.25) is 0 Å². The molecule has 92 valence electrons. The molecule has 0 saturated heterocycles. The van der Waals surface area contributed by atoms with Crippen molar-refractivity contribution in [2.45, 2.75) is 20.0 Å². The van der Waals surface area contributed by atoms with Gasteiger partial charge in [-0.25, -0.2) is 15.0 Å². The van der Waals surface area contributed by atoms with Crippen molar-refractivity contribution in [2.24, 2.45) is 5.73 Å². The molecule has 0 aliphatic carbocycles. The minimum Gasteiger partial charge on any atom is -0.325 e. The Bertz CT molecular complexity index is 685. The van der Waals surface area contributed by atoms with Crippen LogP contribution in [0, 0.1) is 0 Å². The minimum absolute atomic E-state index is 0.468. The number of nitrogens with two attached hydrogens (primary N) is 1. The first-order valence-electron chi connectivity index (χ1n) is 5.79. The fourth-order valence-electron chi connectivity index (χ4n) is 1.96. The van der Waals surface area contributed by atoms with E-state index in [9.17, 15) is 0 Å². The molecule has 0 aliphatic rings. The normalized spacial score (nSPS) is 11.2. The van der Waals surface area contributed by atoms with Crippen LogP contribution in [0.4, 0.5) is 0 Å². The predicted octanol–water partition coefficient (Wildman–Crippen LogP) is 2.03. The second-order valence-corrected chi connectivity index (χ2v) is 4.80. The Morgan fingerprint density at radius 2 is 2.28 bits per heavy atom. The molecule has 3 aromatic rings. The summed E-state index contributed by atoms with van der Waals surface area (Å²) in [5.41, 5.74) is 8.27. The van der Waals surface area contributed by atoms with E-state index in [1.807, 2.05) is 17.5 Å². The van der Waals surface area contributed by atoms with Crippen molar-refractivity contribution in [3.05, 3.63) is 28.7 Å². The van der Waals surface area contributed by atoms with Gasteiger partial charge in [-0.1, -0.05) is 0 Å². The van der Waals surface area contributed by atoms with Gasteiger partial charge < -0.3 is 10.3 Å². The number of thiazole rings is 1. The third kappa shape index (κ3) is 1.70. The van der Waals surface area contributed by atoms with Gasteiger partial charge in [0, 0.05) is 24.7 Å². The zero-order valence-electron chi connectivity index (χ0n) is 10.00. The van der Waals surface area contributed by atoms with Crippen LogP contribution < -0.4 is 5.73 Å². The smallest absolute Gasteiger partial charge is 0.161 e. The Morgan fingerprint density at radius 1 is 1.39 bits per heavy atom. The summed E-state index contributed by atoms with van der Waals surface area (Å²) >= 11 is 1.56. The molecule has 0 unspecified atom stereocenters. The van der Waals surface area contributed by atoms with Crippen LogP contribution in [0.2, 0.25) is 0 Å². The summed E-state index contributed by atoms with van der Waals surface area (Å²) in [6.07, 6.45) is 1.78. The van der Waals surface area contributed by atoms with E-state index in [2.05, 4.69) is 26.4 Å². The third-order valence-electron chi connectivity index (χ3n) is 2.78. The highest BCUT2D eigenvalue weighted by Gasteiger charge is 2.14. The standard InChI is InChI=1S/C12H13N5S/c1-2-17-11-8(4-3-5-14-11)16-12(17)9-7-18-10(6-13)15-9/h3-5,7H,2,6,13H2,1H3. The molecule has 6 heteroatoms. The van der Waals surface area contributed by atoms with Crippen LogP contribution in [-0.4, -0.2) is 19.5 Å². The lowest BCUT2D eigenvalue weighted by Crippen LogP contribution is -2.00. The number of hydrogen-bond donors (Lipinski definition) is 1. The molecule has 3 rings (SSSR count). The summed E-state index contributed by atoms with van der Waals surface area (Å²) in [5.74, 6) is 0.863. The van der Waals surface area contributed by atoms with E-state index in [0.29, 0.717) is 6.54 Å². The highest BCUT2D eigenvalue weighted by atomic mass is 32.1. The van der Waals surface area contributed by atoms with E-state index >= 15 is 0 Å². The number of aromatic nitrogens is 4. The first-order valence-corrected chi connectivity index (χ1v) is 6.67. The van der Waals surface area contributed by atoms with Crippen LogP contribution in [0.1, 0.15) is 11.9 Å². The molecule has 0 spiro atoms. The van der Waals surface area contributed by atoms with Crippen LogP contribution in [0.25, 0.3) is 22.7 Å². The average molecular weight is 259 g/mol. The Balaban J connectivity index is 2.21. The summed E-state index contributed by atoms with van der Waals surface area (Å²) in [6.45, 7) is 3.36. The molecule has 18 heavy (non-hydrogen) atoms. The van der Waals surface area contributed by atoms with Crippen molar-refractivity contribution >= 4 is 22.5 Å². The van der Waals surface area contributed by atoms with Gasteiger partial charge in [0.15, 0.2) is 11.5 Å². The molecule has 0 bridgehead atoms. The molecule has 0 aliphatic heterocycles. The summed E-state index contributed by atoms with van der Waals surface area (Å²) in [4.78, 5) is 13.5. The zero-order chi connectivity index (χ0) is 12.5. The lowest BCUT2D eigenvalue weighted by molar-refractivity contribution is 0.784. The Kier molecular flexibility index (Phi) is 2.81. The van der Waals surface area contributed by atoms with Gasteiger partial charge in [0.1, 0.15) is 16.2 Å². The number of pyridine rings is 1. The first kappa shape index (κ1) is 11.3. The second kappa shape index (κ2) is 4.47. The Labute approximate surface area is 108 Å². The summed E-state index contributed by atoms with van der Waals surface area (Å²) < 4.78 is 2.07. The molecule has 0 aromatic carbocycles. The predicted molar refractivity (Wildman–Crippen MR) is 72.2 cm³/mol. The van der Waals surface area contributed by atoms with Crippen molar-refractivity contribution in [2.75, 3.05) is 0 Å². The molecule has 3 aromatic heterocycles. The van der Waals surface area contributed by atoms with Crippen molar-refractivity contribution in [1.29, 1.82) is 0 Å². The summed E-state index contributed by atoms with van der Waals surface area (Å²) in [7, 11) is 0. The molecular weight excluding hydrogens is 246 g/mol. The van der Waals surface area contributed by atoms with Gasteiger partial charge in [-0.2, -0.15) is 0 Å². The topological polar surface area (TPSA) is 69.6 Å². The summed E-state index contributed by atoms with van der Waals surface area (Å²) in [5, 5.41) is 2.92. The second-order valence-electron chi connectivity index (χ2n) is 3.86. The molecule has 0 saturated carbocycles. The third-order valence-corrected chi connectivity index (χ3v) is 3.65. The van der Waals surface area contributed by atoms with Gasteiger partial charge in [-0.3, -0.25) is 0 Å². The zero-order valence-corrected chi connectivity index (χ0v) is 10.8.